The van der Waals surface area contributed by atoms with Crippen LogP contribution in [0.4, 0.5) is 4.39 Å². The van der Waals surface area contributed by atoms with Gasteiger partial charge in [0.15, 0.2) is 0 Å². The number of amides is 2. The van der Waals surface area contributed by atoms with Gasteiger partial charge in [-0.05, 0) is 24.6 Å². The van der Waals surface area contributed by atoms with Gasteiger partial charge < -0.3 is 10.2 Å². The van der Waals surface area contributed by atoms with E-state index >= 15 is 0 Å². The van der Waals surface area contributed by atoms with Crippen LogP contribution in [0.25, 0.3) is 0 Å². The standard InChI is InChI=1S/C16H21BrFN3O2/c1-2-5-19-15(22)11-20-6-8-21(9-7-20)16(23)13-4-3-12(17)10-14(13)18/h3-4,10H,2,5-9,11H2,1H3,(H,19,22). The summed E-state index contributed by atoms with van der Waals surface area (Å²) in [5, 5.41) is 2.84. The molecule has 0 saturated carbocycles. The maximum Gasteiger partial charge on any atom is 0.256 e. The third-order valence-corrected chi connectivity index (χ3v) is 4.25. The monoisotopic (exact) mass is 385 g/mol. The van der Waals surface area contributed by atoms with Crippen LogP contribution in [0.3, 0.4) is 0 Å². The fourth-order valence-corrected chi connectivity index (χ4v) is 2.80. The molecule has 0 aromatic heterocycles. The molecular formula is C16H21BrFN3O2. The van der Waals surface area contributed by atoms with Crippen molar-refractivity contribution in [3.05, 3.63) is 34.1 Å². The van der Waals surface area contributed by atoms with Gasteiger partial charge >= 0.3 is 0 Å². The topological polar surface area (TPSA) is 52.7 Å². The highest BCUT2D eigenvalue weighted by Crippen LogP contribution is 2.17. The molecule has 5 nitrogen and oxygen atoms in total. The van der Waals surface area contributed by atoms with Gasteiger partial charge in [-0.25, -0.2) is 4.39 Å². The average Bonchev–Trinajstić information content (AvgIpc) is 2.53. The van der Waals surface area contributed by atoms with E-state index in [4.69, 9.17) is 0 Å². The van der Waals surface area contributed by atoms with Gasteiger partial charge in [-0.1, -0.05) is 22.9 Å². The van der Waals surface area contributed by atoms with Crippen LogP contribution >= 0.6 is 15.9 Å². The van der Waals surface area contributed by atoms with E-state index in [-0.39, 0.29) is 17.4 Å². The Morgan fingerprint density at radius 1 is 1.26 bits per heavy atom. The summed E-state index contributed by atoms with van der Waals surface area (Å²) in [6.07, 6.45) is 0.909. The van der Waals surface area contributed by atoms with Crippen molar-refractivity contribution in [2.45, 2.75) is 13.3 Å². The van der Waals surface area contributed by atoms with E-state index in [1.54, 1.807) is 11.0 Å². The molecule has 126 valence electrons. The lowest BCUT2D eigenvalue weighted by Gasteiger charge is -2.34. The second-order valence-corrected chi connectivity index (χ2v) is 6.46. The highest BCUT2D eigenvalue weighted by Gasteiger charge is 2.24. The largest absolute Gasteiger partial charge is 0.355 e. The van der Waals surface area contributed by atoms with Crippen molar-refractivity contribution in [1.82, 2.24) is 15.1 Å². The third-order valence-electron chi connectivity index (χ3n) is 3.76. The first-order valence-corrected chi connectivity index (χ1v) is 8.54. The number of benzene rings is 1. The number of halogens is 2. The number of rotatable bonds is 5. The van der Waals surface area contributed by atoms with Crippen LogP contribution in [0.15, 0.2) is 22.7 Å². The SMILES string of the molecule is CCCNC(=O)CN1CCN(C(=O)c2ccc(Br)cc2F)CC1. The maximum atomic E-state index is 13.9. The van der Waals surface area contributed by atoms with Crippen molar-refractivity contribution in [3.63, 3.8) is 0 Å². The number of nitrogens with one attached hydrogen (secondary N) is 1. The van der Waals surface area contributed by atoms with E-state index in [0.717, 1.165) is 6.42 Å². The maximum absolute atomic E-state index is 13.9. The molecule has 0 bridgehead atoms. The van der Waals surface area contributed by atoms with Crippen LogP contribution in [0.5, 0.6) is 0 Å². The lowest BCUT2D eigenvalue weighted by molar-refractivity contribution is -0.122. The third kappa shape index (κ3) is 5.00. The zero-order valence-corrected chi connectivity index (χ0v) is 14.7. The van der Waals surface area contributed by atoms with E-state index in [1.165, 1.54) is 12.1 Å². The predicted molar refractivity (Wildman–Crippen MR) is 89.7 cm³/mol. The molecule has 7 heteroatoms. The highest BCUT2D eigenvalue weighted by molar-refractivity contribution is 9.10. The fraction of sp³-hybridized carbons (Fsp3) is 0.500. The molecule has 1 heterocycles. The molecule has 1 saturated heterocycles. The summed E-state index contributed by atoms with van der Waals surface area (Å²) in [6.45, 7) is 5.25. The van der Waals surface area contributed by atoms with Crippen LogP contribution in [-0.4, -0.2) is 60.9 Å². The number of piperazine rings is 1. The minimum absolute atomic E-state index is 0.00517. The summed E-state index contributed by atoms with van der Waals surface area (Å²) >= 11 is 3.18. The Labute approximate surface area is 144 Å². The Hall–Kier alpha value is -1.47. The lowest BCUT2D eigenvalue weighted by Crippen LogP contribution is -2.51. The number of nitrogens with zero attached hydrogens (tertiary/aromatic N) is 2. The summed E-state index contributed by atoms with van der Waals surface area (Å²) in [4.78, 5) is 27.7. The van der Waals surface area contributed by atoms with Gasteiger partial charge in [-0.15, -0.1) is 0 Å². The van der Waals surface area contributed by atoms with Crippen molar-refractivity contribution in [3.8, 4) is 0 Å². The fourth-order valence-electron chi connectivity index (χ4n) is 2.47. The van der Waals surface area contributed by atoms with Crippen molar-refractivity contribution in [2.24, 2.45) is 0 Å². The number of carbonyl (C=O) groups is 2. The minimum atomic E-state index is -0.522. The summed E-state index contributed by atoms with van der Waals surface area (Å²) in [5.41, 5.74) is 0.0855. The first kappa shape index (κ1) is 17.9. The van der Waals surface area contributed by atoms with E-state index in [0.29, 0.717) is 43.7 Å². The van der Waals surface area contributed by atoms with Gasteiger partial charge in [0.1, 0.15) is 5.82 Å². The van der Waals surface area contributed by atoms with Gasteiger partial charge in [0, 0.05) is 37.2 Å². The Bertz CT molecular complexity index is 574. The second kappa shape index (κ2) is 8.40. The highest BCUT2D eigenvalue weighted by atomic mass is 79.9. The molecule has 2 amide bonds. The van der Waals surface area contributed by atoms with Crippen LogP contribution in [0.1, 0.15) is 23.7 Å². The summed E-state index contributed by atoms with van der Waals surface area (Å²) in [7, 11) is 0. The molecule has 1 aromatic carbocycles. The molecule has 0 spiro atoms. The van der Waals surface area contributed by atoms with Crippen LogP contribution in [0, 0.1) is 5.82 Å². The van der Waals surface area contributed by atoms with Gasteiger partial charge in [-0.2, -0.15) is 0 Å². The number of hydrogen-bond acceptors (Lipinski definition) is 3. The molecule has 1 aliphatic rings. The average molecular weight is 386 g/mol. The minimum Gasteiger partial charge on any atom is -0.355 e. The van der Waals surface area contributed by atoms with Crippen LogP contribution in [0.2, 0.25) is 0 Å². The summed E-state index contributed by atoms with van der Waals surface area (Å²) < 4.78 is 14.5. The quantitative estimate of drug-likeness (QED) is 0.841. The first-order chi connectivity index (χ1) is 11.0. The normalized spacial score (nSPS) is 15.5. The second-order valence-electron chi connectivity index (χ2n) is 5.54. The number of hydrogen-bond donors (Lipinski definition) is 1. The lowest BCUT2D eigenvalue weighted by atomic mass is 10.1. The molecular weight excluding hydrogens is 365 g/mol. The Balaban J connectivity index is 1.86. The smallest absolute Gasteiger partial charge is 0.256 e. The van der Waals surface area contributed by atoms with Gasteiger partial charge in [-0.3, -0.25) is 14.5 Å². The van der Waals surface area contributed by atoms with E-state index in [9.17, 15) is 14.0 Å². The van der Waals surface area contributed by atoms with Crippen molar-refractivity contribution >= 4 is 27.7 Å². The molecule has 1 aromatic rings. The summed E-state index contributed by atoms with van der Waals surface area (Å²) in [6, 6.07) is 4.44. The zero-order chi connectivity index (χ0) is 16.8. The molecule has 23 heavy (non-hydrogen) atoms. The van der Waals surface area contributed by atoms with Gasteiger partial charge in [0.25, 0.3) is 5.91 Å². The Kier molecular flexibility index (Phi) is 6.53. The van der Waals surface area contributed by atoms with Crippen LogP contribution in [-0.2, 0) is 4.79 Å². The van der Waals surface area contributed by atoms with Crippen molar-refractivity contribution in [1.29, 1.82) is 0 Å². The van der Waals surface area contributed by atoms with Crippen molar-refractivity contribution < 1.29 is 14.0 Å². The molecule has 0 atom stereocenters. The van der Waals surface area contributed by atoms with E-state index in [1.807, 2.05) is 11.8 Å². The van der Waals surface area contributed by atoms with E-state index in [2.05, 4.69) is 21.2 Å². The van der Waals surface area contributed by atoms with E-state index < -0.39 is 5.82 Å². The van der Waals surface area contributed by atoms with Crippen molar-refractivity contribution in [2.75, 3.05) is 39.3 Å². The Morgan fingerprint density at radius 2 is 1.96 bits per heavy atom. The first-order valence-electron chi connectivity index (χ1n) is 7.74. The summed E-state index contributed by atoms with van der Waals surface area (Å²) in [5.74, 6) is -0.818. The molecule has 1 fully saturated rings. The predicted octanol–water partition coefficient (Wildman–Crippen LogP) is 1.87. The van der Waals surface area contributed by atoms with Gasteiger partial charge in [0.05, 0.1) is 12.1 Å². The Morgan fingerprint density at radius 3 is 2.57 bits per heavy atom. The molecule has 1 aliphatic heterocycles. The molecule has 0 unspecified atom stereocenters. The molecule has 2 rings (SSSR count). The number of carbonyl (C=O) groups excluding carboxylic acids is 2. The van der Waals surface area contributed by atoms with Crippen LogP contribution < -0.4 is 5.32 Å². The molecule has 0 aliphatic carbocycles. The molecule has 1 N–H and O–H groups in total. The molecule has 0 radical (unpaired) electrons. The zero-order valence-electron chi connectivity index (χ0n) is 13.1. The van der Waals surface area contributed by atoms with Gasteiger partial charge in [0.2, 0.25) is 5.91 Å².